The van der Waals surface area contributed by atoms with E-state index in [9.17, 15) is 4.79 Å². The number of aryl methyl sites for hydroxylation is 1. The van der Waals surface area contributed by atoms with E-state index in [-0.39, 0.29) is 12.7 Å². The second kappa shape index (κ2) is 7.73. The summed E-state index contributed by atoms with van der Waals surface area (Å²) in [7, 11) is 0. The zero-order valence-corrected chi connectivity index (χ0v) is 13.7. The van der Waals surface area contributed by atoms with Gasteiger partial charge in [-0.05, 0) is 48.7 Å². The monoisotopic (exact) mass is 327 g/mol. The fourth-order valence-electron chi connectivity index (χ4n) is 2.51. The van der Waals surface area contributed by atoms with Crippen molar-refractivity contribution in [2.24, 2.45) is 0 Å². The molecule has 5 nitrogen and oxygen atoms in total. The summed E-state index contributed by atoms with van der Waals surface area (Å²) >= 11 is 0. The van der Waals surface area contributed by atoms with Gasteiger partial charge in [-0.3, -0.25) is 4.79 Å². The van der Waals surface area contributed by atoms with Crippen LogP contribution in [-0.4, -0.2) is 19.3 Å². The van der Waals surface area contributed by atoms with Gasteiger partial charge in [-0.1, -0.05) is 18.2 Å². The molecule has 0 atom stereocenters. The van der Waals surface area contributed by atoms with Crippen molar-refractivity contribution in [3.63, 3.8) is 0 Å². The second-order valence-corrected chi connectivity index (χ2v) is 5.54. The van der Waals surface area contributed by atoms with E-state index in [1.54, 1.807) is 0 Å². The molecule has 3 rings (SSSR count). The number of nitrogens with one attached hydrogen (secondary N) is 1. The maximum atomic E-state index is 12.0. The molecule has 24 heavy (non-hydrogen) atoms. The molecule has 1 heterocycles. The van der Waals surface area contributed by atoms with Gasteiger partial charge >= 0.3 is 0 Å². The van der Waals surface area contributed by atoms with Crippen LogP contribution in [0.1, 0.15) is 24.5 Å². The van der Waals surface area contributed by atoms with Crippen molar-refractivity contribution in [3.8, 4) is 17.2 Å². The van der Waals surface area contributed by atoms with E-state index >= 15 is 0 Å². The van der Waals surface area contributed by atoms with Crippen LogP contribution in [0.4, 0.5) is 0 Å². The van der Waals surface area contributed by atoms with Gasteiger partial charge in [0.05, 0.1) is 6.61 Å². The minimum Gasteiger partial charge on any atom is -0.494 e. The first-order valence-electron chi connectivity index (χ1n) is 8.11. The number of ether oxygens (including phenoxy) is 3. The second-order valence-electron chi connectivity index (χ2n) is 5.54. The Kier molecular flexibility index (Phi) is 5.21. The van der Waals surface area contributed by atoms with Crippen LogP contribution in [-0.2, 0) is 17.8 Å². The lowest BCUT2D eigenvalue weighted by atomic mass is 10.1. The van der Waals surface area contributed by atoms with Crippen molar-refractivity contribution in [2.45, 2.75) is 26.3 Å². The minimum atomic E-state index is 0.0292. The van der Waals surface area contributed by atoms with Gasteiger partial charge in [0.1, 0.15) is 5.75 Å². The molecule has 1 aliphatic heterocycles. The largest absolute Gasteiger partial charge is 0.494 e. The lowest BCUT2D eigenvalue weighted by Gasteiger charge is -2.07. The van der Waals surface area contributed by atoms with Crippen molar-refractivity contribution < 1.29 is 19.0 Å². The SMILES string of the molecule is CCOc1ccc(CNC(=O)CCc2ccc3c(c2)OCO3)cc1. The molecule has 126 valence electrons. The van der Waals surface area contributed by atoms with E-state index < -0.39 is 0 Å². The smallest absolute Gasteiger partial charge is 0.231 e. The highest BCUT2D eigenvalue weighted by molar-refractivity contribution is 5.76. The van der Waals surface area contributed by atoms with Crippen LogP contribution in [0.25, 0.3) is 0 Å². The predicted octanol–water partition coefficient (Wildman–Crippen LogP) is 3.06. The van der Waals surface area contributed by atoms with Crippen LogP contribution in [0.5, 0.6) is 17.2 Å². The summed E-state index contributed by atoms with van der Waals surface area (Å²) < 4.78 is 16.0. The Morgan fingerprint density at radius 3 is 2.62 bits per heavy atom. The van der Waals surface area contributed by atoms with Crippen LogP contribution in [0.3, 0.4) is 0 Å². The van der Waals surface area contributed by atoms with Crippen molar-refractivity contribution >= 4 is 5.91 Å². The highest BCUT2D eigenvalue weighted by atomic mass is 16.7. The molecule has 0 fully saturated rings. The van der Waals surface area contributed by atoms with E-state index in [1.165, 1.54) is 0 Å². The lowest BCUT2D eigenvalue weighted by Crippen LogP contribution is -2.22. The number of carbonyl (C=O) groups excluding carboxylic acids is 1. The number of amides is 1. The van der Waals surface area contributed by atoms with Gasteiger partial charge in [0.15, 0.2) is 11.5 Å². The van der Waals surface area contributed by atoms with E-state index in [0.29, 0.717) is 26.0 Å². The van der Waals surface area contributed by atoms with Gasteiger partial charge in [-0.25, -0.2) is 0 Å². The molecule has 0 unspecified atom stereocenters. The highest BCUT2D eigenvalue weighted by Gasteiger charge is 2.13. The molecule has 0 saturated heterocycles. The van der Waals surface area contributed by atoms with Crippen LogP contribution in [0.2, 0.25) is 0 Å². The van der Waals surface area contributed by atoms with Gasteiger partial charge in [0, 0.05) is 13.0 Å². The number of fused-ring (bicyclic) bond motifs is 1. The van der Waals surface area contributed by atoms with Crippen LogP contribution in [0, 0.1) is 0 Å². The van der Waals surface area contributed by atoms with Crippen LogP contribution >= 0.6 is 0 Å². The molecule has 2 aromatic carbocycles. The number of hydrogen-bond donors (Lipinski definition) is 1. The molecule has 2 aromatic rings. The Labute approximate surface area is 141 Å². The summed E-state index contributed by atoms with van der Waals surface area (Å²) in [6, 6.07) is 13.5. The van der Waals surface area contributed by atoms with Gasteiger partial charge in [-0.15, -0.1) is 0 Å². The van der Waals surface area contributed by atoms with Crippen molar-refractivity contribution in [1.29, 1.82) is 0 Å². The maximum absolute atomic E-state index is 12.0. The Hall–Kier alpha value is -2.69. The molecular formula is C19H21NO4. The Balaban J connectivity index is 1.44. The van der Waals surface area contributed by atoms with E-state index in [0.717, 1.165) is 28.4 Å². The topological polar surface area (TPSA) is 56.8 Å². The van der Waals surface area contributed by atoms with E-state index in [1.807, 2.05) is 49.4 Å². The van der Waals surface area contributed by atoms with Gasteiger partial charge in [-0.2, -0.15) is 0 Å². The summed E-state index contributed by atoms with van der Waals surface area (Å²) in [6.45, 7) is 3.39. The summed E-state index contributed by atoms with van der Waals surface area (Å²) in [5.74, 6) is 2.39. The highest BCUT2D eigenvalue weighted by Crippen LogP contribution is 2.32. The Bertz CT molecular complexity index is 697. The quantitative estimate of drug-likeness (QED) is 0.849. The lowest BCUT2D eigenvalue weighted by molar-refractivity contribution is -0.121. The van der Waals surface area contributed by atoms with Crippen LogP contribution < -0.4 is 19.5 Å². The van der Waals surface area contributed by atoms with Gasteiger partial charge in [0.2, 0.25) is 12.7 Å². The maximum Gasteiger partial charge on any atom is 0.231 e. The van der Waals surface area contributed by atoms with Gasteiger partial charge in [0.25, 0.3) is 0 Å². The predicted molar refractivity (Wildman–Crippen MR) is 90.3 cm³/mol. The zero-order chi connectivity index (χ0) is 16.8. The van der Waals surface area contributed by atoms with Crippen molar-refractivity contribution in [3.05, 3.63) is 53.6 Å². The van der Waals surface area contributed by atoms with Gasteiger partial charge < -0.3 is 19.5 Å². The third-order valence-corrected chi connectivity index (χ3v) is 3.80. The summed E-state index contributed by atoms with van der Waals surface area (Å²) in [6.07, 6.45) is 1.11. The molecule has 0 aliphatic carbocycles. The first-order valence-corrected chi connectivity index (χ1v) is 8.11. The summed E-state index contributed by atoms with van der Waals surface area (Å²) in [5, 5.41) is 2.94. The molecule has 0 radical (unpaired) electrons. The number of hydrogen-bond acceptors (Lipinski definition) is 4. The third kappa shape index (κ3) is 4.19. The molecule has 0 saturated carbocycles. The number of rotatable bonds is 7. The number of benzene rings is 2. The zero-order valence-electron chi connectivity index (χ0n) is 13.7. The molecule has 1 amide bonds. The molecular weight excluding hydrogens is 306 g/mol. The molecule has 0 aromatic heterocycles. The minimum absolute atomic E-state index is 0.0292. The average Bonchev–Trinajstić information content (AvgIpc) is 3.07. The van der Waals surface area contributed by atoms with Crippen molar-refractivity contribution in [2.75, 3.05) is 13.4 Å². The average molecular weight is 327 g/mol. The first kappa shape index (κ1) is 16.2. The summed E-state index contributed by atoms with van der Waals surface area (Å²) in [4.78, 5) is 12.0. The molecule has 0 bridgehead atoms. The summed E-state index contributed by atoms with van der Waals surface area (Å²) in [5.41, 5.74) is 2.12. The van der Waals surface area contributed by atoms with Crippen LogP contribution in [0.15, 0.2) is 42.5 Å². The van der Waals surface area contributed by atoms with E-state index in [2.05, 4.69) is 5.32 Å². The normalized spacial score (nSPS) is 12.0. The molecule has 5 heteroatoms. The third-order valence-electron chi connectivity index (χ3n) is 3.80. The van der Waals surface area contributed by atoms with Crippen molar-refractivity contribution in [1.82, 2.24) is 5.32 Å². The molecule has 1 N–H and O–H groups in total. The first-order chi connectivity index (χ1) is 11.7. The number of carbonyl (C=O) groups is 1. The van der Waals surface area contributed by atoms with E-state index in [4.69, 9.17) is 14.2 Å². The Morgan fingerprint density at radius 1 is 1.08 bits per heavy atom. The molecule has 1 aliphatic rings. The molecule has 0 spiro atoms. The Morgan fingerprint density at radius 2 is 1.83 bits per heavy atom. The fourth-order valence-corrected chi connectivity index (χ4v) is 2.51. The fraction of sp³-hybridized carbons (Fsp3) is 0.316. The standard InChI is InChI=1S/C19H21NO4/c1-2-22-16-7-3-15(4-8-16)12-20-19(21)10-6-14-5-9-17-18(11-14)24-13-23-17/h3-5,7-9,11H,2,6,10,12-13H2,1H3,(H,20,21).